The molecule has 0 aromatic heterocycles. The van der Waals surface area contributed by atoms with Crippen molar-refractivity contribution >= 4 is 39.6 Å². The molecule has 0 heterocycles. The number of hydrogen-bond acceptors (Lipinski definition) is 4. The quantitative estimate of drug-likeness (QED) is 0.134. The van der Waals surface area contributed by atoms with Gasteiger partial charge in [0.2, 0.25) is 5.91 Å². The van der Waals surface area contributed by atoms with Crippen LogP contribution in [0.3, 0.4) is 0 Å². The summed E-state index contributed by atoms with van der Waals surface area (Å²) < 4.78 is 4.47. The zero-order chi connectivity index (χ0) is 24.2. The van der Waals surface area contributed by atoms with Crippen molar-refractivity contribution in [3.8, 4) is 0 Å². The summed E-state index contributed by atoms with van der Waals surface area (Å²) in [6.45, 7) is 0. The Morgan fingerprint density at radius 3 is 1.74 bits per heavy atom. The third kappa shape index (κ3) is 6.51. The van der Waals surface area contributed by atoms with Crippen molar-refractivity contribution in [2.24, 2.45) is 0 Å². The first kappa shape index (κ1) is 26.0. The van der Waals surface area contributed by atoms with E-state index in [1.165, 1.54) is 7.11 Å². The Labute approximate surface area is 214 Å². The third-order valence-corrected chi connectivity index (χ3v) is 7.82. The van der Waals surface area contributed by atoms with Gasteiger partial charge in [-0.15, -0.1) is 11.8 Å². The van der Waals surface area contributed by atoms with Crippen molar-refractivity contribution < 1.29 is 14.3 Å². The molecule has 1 atom stereocenters. The Kier molecular flexibility index (Phi) is 10.2. The second-order valence-corrected chi connectivity index (χ2v) is 9.91. The van der Waals surface area contributed by atoms with Crippen LogP contribution in [-0.2, 0) is 19.1 Å². The Morgan fingerprint density at radius 2 is 1.32 bits per heavy atom. The molecule has 0 saturated carbocycles. The van der Waals surface area contributed by atoms with Crippen LogP contribution in [0.25, 0.3) is 0 Å². The van der Waals surface area contributed by atoms with Gasteiger partial charge in [0.05, 0.1) is 11.9 Å². The number of benzene rings is 3. The average molecular weight is 541 g/mol. The molecule has 3 aromatic rings. The molecule has 0 saturated heterocycles. The van der Waals surface area contributed by atoms with Crippen molar-refractivity contribution in [3.63, 3.8) is 0 Å². The molecule has 4 nitrogen and oxygen atoms in total. The largest absolute Gasteiger partial charge is 0.467 e. The lowest BCUT2D eigenvalue weighted by atomic mass is 9.84. The topological polar surface area (TPSA) is 55.4 Å². The SMILES string of the molecule is COC(=O)[C@H](CSC(c1ccccc1)(c1ccccc1)c1ccccc1)NC(=O)CCCCBr. The maximum atomic E-state index is 12.6. The number of alkyl halides is 1. The van der Waals surface area contributed by atoms with Gasteiger partial charge < -0.3 is 10.1 Å². The molecule has 0 bridgehead atoms. The number of carbonyl (C=O) groups excluding carboxylic acids is 2. The number of hydrogen-bond donors (Lipinski definition) is 1. The number of rotatable bonds is 12. The van der Waals surface area contributed by atoms with Crippen LogP contribution in [-0.4, -0.2) is 36.1 Å². The fraction of sp³-hybridized carbons (Fsp3) is 0.286. The van der Waals surface area contributed by atoms with Crippen LogP contribution < -0.4 is 5.32 Å². The average Bonchev–Trinajstić information content (AvgIpc) is 2.90. The summed E-state index contributed by atoms with van der Waals surface area (Å²) in [5, 5.41) is 3.76. The van der Waals surface area contributed by atoms with E-state index < -0.39 is 16.8 Å². The first-order valence-corrected chi connectivity index (χ1v) is 13.5. The summed E-state index contributed by atoms with van der Waals surface area (Å²) in [7, 11) is 1.36. The molecule has 3 rings (SSSR count). The number of methoxy groups -OCH3 is 1. The predicted molar refractivity (Wildman–Crippen MR) is 143 cm³/mol. The van der Waals surface area contributed by atoms with E-state index in [2.05, 4.69) is 57.6 Å². The molecule has 1 amide bonds. The Bertz CT molecular complexity index is 935. The molecule has 0 aliphatic carbocycles. The van der Waals surface area contributed by atoms with Crippen LogP contribution in [0, 0.1) is 0 Å². The second-order valence-electron chi connectivity index (χ2n) is 7.88. The number of esters is 1. The number of amides is 1. The molecule has 6 heteroatoms. The highest BCUT2D eigenvalue weighted by molar-refractivity contribution is 9.09. The fourth-order valence-corrected chi connectivity index (χ4v) is 5.88. The highest BCUT2D eigenvalue weighted by atomic mass is 79.9. The zero-order valence-corrected chi connectivity index (χ0v) is 21.7. The van der Waals surface area contributed by atoms with Crippen molar-refractivity contribution in [1.29, 1.82) is 0 Å². The number of ether oxygens (including phenoxy) is 1. The summed E-state index contributed by atoms with van der Waals surface area (Å²) >= 11 is 5.02. The van der Waals surface area contributed by atoms with Crippen molar-refractivity contribution in [3.05, 3.63) is 108 Å². The van der Waals surface area contributed by atoms with Gasteiger partial charge in [0, 0.05) is 17.5 Å². The molecule has 0 aliphatic heterocycles. The molecular weight excluding hydrogens is 510 g/mol. The summed E-state index contributed by atoms with van der Waals surface area (Å²) in [6.07, 6.45) is 2.05. The Balaban J connectivity index is 1.99. The van der Waals surface area contributed by atoms with Gasteiger partial charge in [0.1, 0.15) is 6.04 Å². The lowest BCUT2D eigenvalue weighted by Crippen LogP contribution is -2.44. The lowest BCUT2D eigenvalue weighted by Gasteiger charge is -2.36. The number of unbranched alkanes of at least 4 members (excludes halogenated alkanes) is 1. The predicted octanol–water partition coefficient (Wildman–Crippen LogP) is 5.93. The van der Waals surface area contributed by atoms with Gasteiger partial charge in [-0.3, -0.25) is 4.79 Å². The Morgan fingerprint density at radius 1 is 0.853 bits per heavy atom. The minimum absolute atomic E-state index is 0.137. The minimum atomic E-state index is -0.748. The molecular formula is C28H30BrNO3S. The smallest absolute Gasteiger partial charge is 0.329 e. The van der Waals surface area contributed by atoms with E-state index >= 15 is 0 Å². The summed E-state index contributed by atoms with van der Waals surface area (Å²) in [5.41, 5.74) is 3.30. The molecule has 3 aromatic carbocycles. The van der Waals surface area contributed by atoms with E-state index in [-0.39, 0.29) is 5.91 Å². The molecule has 178 valence electrons. The van der Waals surface area contributed by atoms with Crippen LogP contribution in [0.1, 0.15) is 36.0 Å². The maximum Gasteiger partial charge on any atom is 0.329 e. The number of nitrogens with one attached hydrogen (secondary N) is 1. The molecule has 0 fully saturated rings. The molecule has 0 spiro atoms. The van der Waals surface area contributed by atoms with Gasteiger partial charge in [-0.2, -0.15) is 0 Å². The minimum Gasteiger partial charge on any atom is -0.467 e. The van der Waals surface area contributed by atoms with Crippen LogP contribution in [0.4, 0.5) is 0 Å². The van der Waals surface area contributed by atoms with Crippen LogP contribution in [0.2, 0.25) is 0 Å². The molecule has 0 unspecified atom stereocenters. The van der Waals surface area contributed by atoms with E-state index in [0.717, 1.165) is 34.9 Å². The first-order valence-electron chi connectivity index (χ1n) is 11.4. The standard InChI is InChI=1S/C28H30BrNO3S/c1-33-27(32)25(30-26(31)19-11-12-20-29)21-34-28(22-13-5-2-6-14-22,23-15-7-3-8-16-23)24-17-9-4-10-18-24/h2-10,13-18,25H,11-12,19-21H2,1H3,(H,30,31)/t25-/m0/s1. The zero-order valence-electron chi connectivity index (χ0n) is 19.3. The molecule has 0 radical (unpaired) electrons. The summed E-state index contributed by atoms with van der Waals surface area (Å²) in [4.78, 5) is 25.2. The van der Waals surface area contributed by atoms with Crippen LogP contribution in [0.5, 0.6) is 0 Å². The summed E-state index contributed by atoms with van der Waals surface area (Å²) in [5.74, 6) is -0.221. The number of halogens is 1. The van der Waals surface area contributed by atoms with Gasteiger partial charge in [0.25, 0.3) is 0 Å². The van der Waals surface area contributed by atoms with Gasteiger partial charge in [-0.25, -0.2) is 4.79 Å². The summed E-state index contributed by atoms with van der Waals surface area (Å²) in [6, 6.07) is 30.1. The van der Waals surface area contributed by atoms with Crippen molar-refractivity contribution in [2.75, 3.05) is 18.2 Å². The number of carbonyl (C=O) groups is 2. The second kappa shape index (κ2) is 13.4. The van der Waals surface area contributed by atoms with Crippen molar-refractivity contribution in [1.82, 2.24) is 5.32 Å². The van der Waals surface area contributed by atoms with E-state index in [9.17, 15) is 9.59 Å². The monoisotopic (exact) mass is 539 g/mol. The van der Waals surface area contributed by atoms with Crippen molar-refractivity contribution in [2.45, 2.75) is 30.1 Å². The molecule has 0 aliphatic rings. The van der Waals surface area contributed by atoms with Crippen LogP contribution in [0.15, 0.2) is 91.0 Å². The van der Waals surface area contributed by atoms with E-state index in [0.29, 0.717) is 12.2 Å². The van der Waals surface area contributed by atoms with E-state index in [1.807, 2.05) is 54.6 Å². The van der Waals surface area contributed by atoms with E-state index in [4.69, 9.17) is 4.74 Å². The molecule has 1 N–H and O–H groups in total. The lowest BCUT2D eigenvalue weighted by molar-refractivity contribution is -0.144. The first-order chi connectivity index (χ1) is 16.6. The van der Waals surface area contributed by atoms with Gasteiger partial charge >= 0.3 is 5.97 Å². The number of thioether (sulfide) groups is 1. The fourth-order valence-electron chi connectivity index (χ4n) is 3.93. The molecule has 34 heavy (non-hydrogen) atoms. The van der Waals surface area contributed by atoms with Crippen LogP contribution >= 0.6 is 27.7 Å². The van der Waals surface area contributed by atoms with Gasteiger partial charge in [-0.1, -0.05) is 107 Å². The van der Waals surface area contributed by atoms with Gasteiger partial charge in [0.15, 0.2) is 0 Å². The highest BCUT2D eigenvalue weighted by Crippen LogP contribution is 2.48. The highest BCUT2D eigenvalue weighted by Gasteiger charge is 2.38. The van der Waals surface area contributed by atoms with Gasteiger partial charge in [-0.05, 0) is 29.5 Å². The Hall–Kier alpha value is -2.57. The third-order valence-electron chi connectivity index (χ3n) is 5.62. The van der Waals surface area contributed by atoms with E-state index in [1.54, 1.807) is 11.8 Å². The normalized spacial score (nSPS) is 12.1. The maximum absolute atomic E-state index is 12.6.